The molecule has 0 saturated heterocycles. The van der Waals surface area contributed by atoms with Gasteiger partial charge in [-0.3, -0.25) is 14.3 Å². The fraction of sp³-hybridized carbons (Fsp3) is 0.636. The predicted octanol–water partition coefficient (Wildman–Crippen LogP) is 0.0766. The Bertz CT molecular complexity index is 507. The molecule has 7 heteroatoms. The smallest absolute Gasteiger partial charge is 0.329 e. The molecule has 0 saturated carbocycles. The first kappa shape index (κ1) is 14.9. The van der Waals surface area contributed by atoms with Crippen LogP contribution in [0.15, 0.2) is 9.59 Å². The summed E-state index contributed by atoms with van der Waals surface area (Å²) in [5, 5.41) is 0.0924. The lowest BCUT2D eigenvalue weighted by Crippen LogP contribution is -2.37. The van der Waals surface area contributed by atoms with Crippen molar-refractivity contribution in [1.82, 2.24) is 14.5 Å². The van der Waals surface area contributed by atoms with Gasteiger partial charge in [0.25, 0.3) is 5.56 Å². The van der Waals surface area contributed by atoms with Crippen molar-refractivity contribution in [2.24, 2.45) is 0 Å². The van der Waals surface area contributed by atoms with E-state index in [9.17, 15) is 9.59 Å². The maximum absolute atomic E-state index is 11.8. The molecule has 0 fully saturated rings. The molecule has 102 valence electrons. The van der Waals surface area contributed by atoms with Crippen LogP contribution in [-0.2, 0) is 11.3 Å². The summed E-state index contributed by atoms with van der Waals surface area (Å²) >= 11 is 5.70. The lowest BCUT2D eigenvalue weighted by Gasteiger charge is -2.10. The zero-order valence-electron chi connectivity index (χ0n) is 10.8. The topological polar surface area (TPSA) is 67.3 Å². The molecule has 1 aromatic rings. The summed E-state index contributed by atoms with van der Waals surface area (Å²) in [6, 6.07) is 0. The number of likely N-dealkylation sites (N-methyl/N-ethyl adjacent to an activating group) is 1. The minimum Gasteiger partial charge on any atom is -0.378 e. The molecule has 0 aliphatic rings. The second-order valence-corrected chi connectivity index (χ2v) is 4.62. The molecule has 1 aromatic heterocycles. The lowest BCUT2D eigenvalue weighted by molar-refractivity contribution is 0.109. The van der Waals surface area contributed by atoms with Gasteiger partial charge in [0.15, 0.2) is 0 Å². The van der Waals surface area contributed by atoms with Crippen molar-refractivity contribution in [2.45, 2.75) is 13.5 Å². The van der Waals surface area contributed by atoms with E-state index in [4.69, 9.17) is 16.3 Å². The highest BCUT2D eigenvalue weighted by molar-refractivity contribution is 6.30. The van der Waals surface area contributed by atoms with Gasteiger partial charge in [-0.2, -0.15) is 0 Å². The van der Waals surface area contributed by atoms with E-state index in [0.29, 0.717) is 18.8 Å². The normalized spacial score (nSPS) is 11.2. The van der Waals surface area contributed by atoms with Crippen LogP contribution in [0.3, 0.4) is 0 Å². The summed E-state index contributed by atoms with van der Waals surface area (Å²) in [6.07, 6.45) is 0. The van der Waals surface area contributed by atoms with Gasteiger partial charge in [0.05, 0.1) is 19.8 Å². The summed E-state index contributed by atoms with van der Waals surface area (Å²) in [7, 11) is 3.89. The van der Waals surface area contributed by atoms with Gasteiger partial charge in [-0.1, -0.05) is 11.6 Å². The molecule has 0 aliphatic carbocycles. The minimum absolute atomic E-state index is 0.0924. The first-order valence-corrected chi connectivity index (χ1v) is 6.03. The van der Waals surface area contributed by atoms with Crippen molar-refractivity contribution < 1.29 is 4.74 Å². The van der Waals surface area contributed by atoms with Crippen molar-refractivity contribution in [2.75, 3.05) is 33.9 Å². The van der Waals surface area contributed by atoms with Crippen LogP contribution in [0.1, 0.15) is 5.56 Å². The summed E-state index contributed by atoms with van der Waals surface area (Å²) < 4.78 is 6.44. The SMILES string of the molecule is Cc1c(Cl)[nH]c(=O)n(CCOCCN(C)C)c1=O. The van der Waals surface area contributed by atoms with Gasteiger partial charge in [-0.15, -0.1) is 0 Å². The van der Waals surface area contributed by atoms with E-state index in [1.807, 2.05) is 19.0 Å². The van der Waals surface area contributed by atoms with Crippen LogP contribution >= 0.6 is 11.6 Å². The number of halogens is 1. The molecule has 0 unspecified atom stereocenters. The summed E-state index contributed by atoms with van der Waals surface area (Å²) in [6.45, 7) is 3.47. The Morgan fingerprint density at radius 2 is 2.00 bits per heavy atom. The van der Waals surface area contributed by atoms with E-state index < -0.39 is 5.69 Å². The van der Waals surface area contributed by atoms with E-state index in [0.717, 1.165) is 11.1 Å². The molecular formula is C11H18ClN3O3. The van der Waals surface area contributed by atoms with E-state index in [2.05, 4.69) is 4.98 Å². The third-order valence-electron chi connectivity index (χ3n) is 2.50. The number of nitrogens with one attached hydrogen (secondary N) is 1. The third kappa shape index (κ3) is 3.97. The van der Waals surface area contributed by atoms with Gasteiger partial charge in [-0.25, -0.2) is 4.79 Å². The largest absolute Gasteiger partial charge is 0.378 e. The number of nitrogens with zero attached hydrogens (tertiary/aromatic N) is 2. The number of ether oxygens (including phenoxy) is 1. The molecule has 1 rings (SSSR count). The van der Waals surface area contributed by atoms with Crippen LogP contribution in [-0.4, -0.2) is 48.3 Å². The Labute approximate surface area is 110 Å². The van der Waals surface area contributed by atoms with Crippen LogP contribution in [0.5, 0.6) is 0 Å². The van der Waals surface area contributed by atoms with Gasteiger partial charge in [0, 0.05) is 12.1 Å². The monoisotopic (exact) mass is 275 g/mol. The number of hydrogen-bond acceptors (Lipinski definition) is 4. The Kier molecular flexibility index (Phi) is 5.58. The molecule has 1 N–H and O–H groups in total. The molecule has 1 heterocycles. The summed E-state index contributed by atoms with van der Waals surface area (Å²) in [5.74, 6) is 0. The second kappa shape index (κ2) is 6.72. The summed E-state index contributed by atoms with van der Waals surface area (Å²) in [4.78, 5) is 27.7. The molecule has 0 spiro atoms. The standard InChI is InChI=1S/C11H18ClN3O3/c1-8-9(12)13-11(17)15(10(8)16)5-7-18-6-4-14(2)3/h4-7H2,1-3H3,(H,13,17). The summed E-state index contributed by atoms with van der Waals surface area (Å²) in [5.41, 5.74) is -0.545. The first-order chi connectivity index (χ1) is 8.43. The van der Waals surface area contributed by atoms with Crippen molar-refractivity contribution in [3.8, 4) is 0 Å². The average Bonchev–Trinajstić information content (AvgIpc) is 2.29. The predicted molar refractivity (Wildman–Crippen MR) is 70.4 cm³/mol. The van der Waals surface area contributed by atoms with E-state index in [1.165, 1.54) is 0 Å². The molecule has 0 radical (unpaired) electrons. The number of aromatic nitrogens is 2. The van der Waals surface area contributed by atoms with Crippen LogP contribution in [0.4, 0.5) is 0 Å². The average molecular weight is 276 g/mol. The Balaban J connectivity index is 2.61. The number of hydrogen-bond donors (Lipinski definition) is 1. The molecule has 0 amide bonds. The quantitative estimate of drug-likeness (QED) is 0.590. The van der Waals surface area contributed by atoms with Gasteiger partial charge < -0.3 is 9.64 Å². The zero-order chi connectivity index (χ0) is 13.7. The Morgan fingerprint density at radius 3 is 2.61 bits per heavy atom. The molecule has 0 aliphatic heterocycles. The van der Waals surface area contributed by atoms with Gasteiger partial charge in [0.2, 0.25) is 0 Å². The molecule has 18 heavy (non-hydrogen) atoms. The number of rotatable bonds is 6. The maximum atomic E-state index is 11.8. The highest BCUT2D eigenvalue weighted by atomic mass is 35.5. The van der Waals surface area contributed by atoms with Gasteiger partial charge >= 0.3 is 5.69 Å². The number of H-pyrrole nitrogens is 1. The zero-order valence-corrected chi connectivity index (χ0v) is 11.6. The van der Waals surface area contributed by atoms with Crippen LogP contribution in [0.25, 0.3) is 0 Å². The molecule has 0 atom stereocenters. The van der Waals surface area contributed by atoms with Crippen LogP contribution < -0.4 is 11.2 Å². The number of aromatic amines is 1. The van der Waals surface area contributed by atoms with Crippen LogP contribution in [0, 0.1) is 6.92 Å². The van der Waals surface area contributed by atoms with Crippen molar-refractivity contribution >= 4 is 11.6 Å². The van der Waals surface area contributed by atoms with Crippen molar-refractivity contribution in [3.05, 3.63) is 31.6 Å². The fourth-order valence-electron chi connectivity index (χ4n) is 1.35. The van der Waals surface area contributed by atoms with Crippen molar-refractivity contribution in [3.63, 3.8) is 0 Å². The molecule has 6 nitrogen and oxygen atoms in total. The highest BCUT2D eigenvalue weighted by Gasteiger charge is 2.08. The Morgan fingerprint density at radius 1 is 1.33 bits per heavy atom. The third-order valence-corrected chi connectivity index (χ3v) is 2.88. The van der Waals surface area contributed by atoms with Crippen molar-refractivity contribution in [1.29, 1.82) is 0 Å². The van der Waals surface area contributed by atoms with Gasteiger partial charge in [0.1, 0.15) is 5.15 Å². The highest BCUT2D eigenvalue weighted by Crippen LogP contribution is 2.02. The fourth-order valence-corrected chi connectivity index (χ4v) is 1.51. The Hall–Kier alpha value is -1.11. The molecule has 0 bridgehead atoms. The second-order valence-electron chi connectivity index (χ2n) is 4.24. The van der Waals surface area contributed by atoms with Gasteiger partial charge in [-0.05, 0) is 21.0 Å². The minimum atomic E-state index is -0.508. The van der Waals surface area contributed by atoms with E-state index in [1.54, 1.807) is 6.92 Å². The van der Waals surface area contributed by atoms with E-state index >= 15 is 0 Å². The van der Waals surface area contributed by atoms with Crippen LogP contribution in [0.2, 0.25) is 5.15 Å². The molecular weight excluding hydrogens is 258 g/mol. The maximum Gasteiger partial charge on any atom is 0.329 e. The lowest BCUT2D eigenvalue weighted by atomic mass is 10.4. The van der Waals surface area contributed by atoms with E-state index in [-0.39, 0.29) is 17.3 Å². The molecule has 0 aromatic carbocycles. The first-order valence-electron chi connectivity index (χ1n) is 5.65.